The number of benzene rings is 4. The molecule has 1 unspecified atom stereocenters. The maximum absolute atomic E-state index is 13.2. The molecule has 2 amide bonds. The summed E-state index contributed by atoms with van der Waals surface area (Å²) in [5.74, 6) is 5.14. The number of hydrogen-bond acceptors (Lipinski definition) is 5. The molecule has 0 aliphatic carbocycles. The first-order chi connectivity index (χ1) is 16.5. The van der Waals surface area contributed by atoms with Gasteiger partial charge in [-0.1, -0.05) is 54.6 Å². The largest absolute Gasteiger partial charge is 0.369 e. The van der Waals surface area contributed by atoms with Crippen molar-refractivity contribution in [2.75, 3.05) is 15.6 Å². The third kappa shape index (κ3) is 5.47. The van der Waals surface area contributed by atoms with Crippen LogP contribution < -0.4 is 21.5 Å². The average Bonchev–Trinajstić information content (AvgIpc) is 2.89. The summed E-state index contributed by atoms with van der Waals surface area (Å²) in [4.78, 5) is 26.2. The third-order valence-electron chi connectivity index (χ3n) is 5.14. The molecule has 0 aromatic heterocycles. The summed E-state index contributed by atoms with van der Waals surface area (Å²) in [5, 5.41) is 17.6. The first-order valence-corrected chi connectivity index (χ1v) is 10.7. The molecule has 4 rings (SSSR count). The lowest BCUT2D eigenvalue weighted by Gasteiger charge is -2.20. The monoisotopic (exact) mass is 452 g/mol. The number of hydrogen-bond donors (Lipinski definition) is 4. The van der Waals surface area contributed by atoms with Crippen LogP contribution >= 0.6 is 0 Å². The van der Waals surface area contributed by atoms with E-state index in [0.717, 1.165) is 5.01 Å². The molecule has 34 heavy (non-hydrogen) atoms. The molecule has 0 bridgehead atoms. The minimum Gasteiger partial charge on any atom is -0.369 e. The number of aliphatic hydroxyl groups excluding tert-OH is 1. The molecule has 4 aromatic rings. The van der Waals surface area contributed by atoms with Crippen molar-refractivity contribution < 1.29 is 14.7 Å². The van der Waals surface area contributed by atoms with Gasteiger partial charge in [0.05, 0.1) is 5.69 Å². The molecule has 0 aliphatic heterocycles. The van der Waals surface area contributed by atoms with Crippen molar-refractivity contribution in [3.8, 4) is 0 Å². The number of anilines is 3. The Hall–Kier alpha value is -4.46. The van der Waals surface area contributed by atoms with E-state index >= 15 is 0 Å². The van der Waals surface area contributed by atoms with E-state index < -0.39 is 18.0 Å². The number of amides is 2. The van der Waals surface area contributed by atoms with Crippen molar-refractivity contribution in [3.05, 3.63) is 126 Å². The van der Waals surface area contributed by atoms with Crippen LogP contribution in [0.25, 0.3) is 0 Å². The zero-order chi connectivity index (χ0) is 23.9. The van der Waals surface area contributed by atoms with Crippen molar-refractivity contribution in [2.45, 2.75) is 6.23 Å². The molecule has 4 aromatic carbocycles. The van der Waals surface area contributed by atoms with E-state index in [0.29, 0.717) is 22.6 Å². The fourth-order valence-electron chi connectivity index (χ4n) is 3.41. The Balaban J connectivity index is 1.68. The van der Waals surface area contributed by atoms with Crippen LogP contribution in [0, 0.1) is 0 Å². The van der Waals surface area contributed by atoms with Crippen LogP contribution in [0.3, 0.4) is 0 Å². The van der Waals surface area contributed by atoms with Gasteiger partial charge in [-0.05, 0) is 54.6 Å². The summed E-state index contributed by atoms with van der Waals surface area (Å²) in [7, 11) is 0. The van der Waals surface area contributed by atoms with Crippen LogP contribution in [0.2, 0.25) is 0 Å². The number of rotatable bonds is 7. The molecule has 170 valence electrons. The maximum atomic E-state index is 13.2. The van der Waals surface area contributed by atoms with Gasteiger partial charge in [0.15, 0.2) is 6.23 Å². The Morgan fingerprint density at radius 3 is 1.88 bits per heavy atom. The molecule has 0 heterocycles. The molecule has 0 aliphatic rings. The van der Waals surface area contributed by atoms with Crippen LogP contribution in [0.5, 0.6) is 0 Å². The zero-order valence-electron chi connectivity index (χ0n) is 18.3. The van der Waals surface area contributed by atoms with Crippen molar-refractivity contribution in [3.63, 3.8) is 0 Å². The lowest BCUT2D eigenvalue weighted by molar-refractivity contribution is 0.0986. The number of carbonyl (C=O) groups is 2. The molecule has 0 saturated carbocycles. The second-order valence-corrected chi connectivity index (χ2v) is 7.59. The zero-order valence-corrected chi connectivity index (χ0v) is 18.3. The van der Waals surface area contributed by atoms with E-state index in [9.17, 15) is 14.7 Å². The predicted molar refractivity (Wildman–Crippen MR) is 133 cm³/mol. The summed E-state index contributed by atoms with van der Waals surface area (Å²) in [6.45, 7) is 0. The summed E-state index contributed by atoms with van der Waals surface area (Å²) in [6.07, 6.45) is -1.17. The minimum atomic E-state index is -1.17. The molecule has 0 saturated heterocycles. The highest BCUT2D eigenvalue weighted by Crippen LogP contribution is 2.23. The van der Waals surface area contributed by atoms with Gasteiger partial charge in [-0.25, -0.2) is 10.9 Å². The van der Waals surface area contributed by atoms with E-state index in [1.165, 1.54) is 12.1 Å². The van der Waals surface area contributed by atoms with Crippen molar-refractivity contribution in [2.24, 2.45) is 5.84 Å². The van der Waals surface area contributed by atoms with Crippen LogP contribution in [0.4, 0.5) is 17.1 Å². The molecule has 7 heteroatoms. The quantitative estimate of drug-likeness (QED) is 0.142. The highest BCUT2D eigenvalue weighted by atomic mass is 16.3. The Labute approximate surface area is 197 Å². The van der Waals surface area contributed by atoms with E-state index in [2.05, 4.69) is 10.6 Å². The number of nitrogens with one attached hydrogen (secondary N) is 2. The van der Waals surface area contributed by atoms with Gasteiger partial charge in [0.2, 0.25) is 0 Å². The molecule has 0 radical (unpaired) electrons. The molecule has 1 atom stereocenters. The number of carbonyl (C=O) groups excluding carboxylic acids is 2. The Morgan fingerprint density at radius 2 is 1.26 bits per heavy atom. The number of nitrogens with zero attached hydrogens (tertiary/aromatic N) is 1. The lowest BCUT2D eigenvalue weighted by Crippen LogP contribution is -2.37. The number of aliphatic hydroxyl groups is 1. The lowest BCUT2D eigenvalue weighted by atomic mass is 10.0. The Morgan fingerprint density at radius 1 is 0.735 bits per heavy atom. The first kappa shape index (κ1) is 22.7. The van der Waals surface area contributed by atoms with E-state index in [1.54, 1.807) is 66.7 Å². The number of hydrazine groups is 1. The molecule has 7 nitrogen and oxygen atoms in total. The standard InChI is InChI=1S/C27H24N4O3/c28-31(24-14-8-3-9-15-24)27(34)21-17-19(25(32)29-22-10-4-1-5-11-22)16-20(18-21)26(33)30-23-12-6-2-7-13-23/h1-18,25,29,32H,28H2,(H,30,33). The Kier molecular flexibility index (Phi) is 6.98. The van der Waals surface area contributed by atoms with Crippen molar-refractivity contribution >= 4 is 28.9 Å². The highest BCUT2D eigenvalue weighted by Gasteiger charge is 2.20. The van der Waals surface area contributed by atoms with Crippen LogP contribution in [0.15, 0.2) is 109 Å². The topological polar surface area (TPSA) is 108 Å². The van der Waals surface area contributed by atoms with Gasteiger partial charge in [-0.2, -0.15) is 0 Å². The summed E-state index contributed by atoms with van der Waals surface area (Å²) >= 11 is 0. The molecule has 0 spiro atoms. The minimum absolute atomic E-state index is 0.163. The normalized spacial score (nSPS) is 11.4. The summed E-state index contributed by atoms with van der Waals surface area (Å²) in [6, 6.07) is 31.4. The van der Waals surface area contributed by atoms with E-state index in [-0.39, 0.29) is 11.1 Å². The third-order valence-corrected chi connectivity index (χ3v) is 5.14. The van der Waals surface area contributed by atoms with Gasteiger partial charge < -0.3 is 15.7 Å². The SMILES string of the molecule is NN(C(=O)c1cc(C(=O)Nc2ccccc2)cc(C(O)Nc2ccccc2)c1)c1ccccc1. The fraction of sp³-hybridized carbons (Fsp3) is 0.0370. The highest BCUT2D eigenvalue weighted by molar-refractivity contribution is 6.09. The smallest absolute Gasteiger partial charge is 0.272 e. The van der Waals surface area contributed by atoms with Gasteiger partial charge in [0.25, 0.3) is 11.8 Å². The number of nitrogens with two attached hydrogens (primary N) is 1. The van der Waals surface area contributed by atoms with Crippen molar-refractivity contribution in [1.82, 2.24) is 0 Å². The van der Waals surface area contributed by atoms with Gasteiger partial charge in [-0.3, -0.25) is 9.59 Å². The molecular weight excluding hydrogens is 428 g/mol. The summed E-state index contributed by atoms with van der Waals surface area (Å²) in [5.41, 5.74) is 2.51. The number of para-hydroxylation sites is 3. The molecule has 5 N–H and O–H groups in total. The van der Waals surface area contributed by atoms with Crippen LogP contribution in [-0.4, -0.2) is 16.9 Å². The van der Waals surface area contributed by atoms with E-state index in [4.69, 9.17) is 5.84 Å². The van der Waals surface area contributed by atoms with Crippen LogP contribution in [-0.2, 0) is 0 Å². The Bertz CT molecular complexity index is 1270. The van der Waals surface area contributed by atoms with Crippen LogP contribution in [0.1, 0.15) is 32.5 Å². The summed E-state index contributed by atoms with van der Waals surface area (Å²) < 4.78 is 0. The van der Waals surface area contributed by atoms with Gasteiger partial charge in [-0.15, -0.1) is 0 Å². The fourth-order valence-corrected chi connectivity index (χ4v) is 3.41. The van der Waals surface area contributed by atoms with Gasteiger partial charge in [0.1, 0.15) is 0 Å². The maximum Gasteiger partial charge on any atom is 0.272 e. The molecular formula is C27H24N4O3. The second kappa shape index (κ2) is 10.4. The average molecular weight is 453 g/mol. The van der Waals surface area contributed by atoms with E-state index in [1.807, 2.05) is 30.3 Å². The van der Waals surface area contributed by atoms with Gasteiger partial charge >= 0.3 is 0 Å². The predicted octanol–water partition coefficient (Wildman–Crippen LogP) is 4.56. The second-order valence-electron chi connectivity index (χ2n) is 7.59. The van der Waals surface area contributed by atoms with Crippen molar-refractivity contribution in [1.29, 1.82) is 0 Å². The molecule has 0 fully saturated rings. The van der Waals surface area contributed by atoms with Gasteiger partial charge in [0, 0.05) is 28.1 Å². The first-order valence-electron chi connectivity index (χ1n) is 10.7.